The molecule has 5 heteroatoms. The molecule has 0 spiro atoms. The molecule has 0 bridgehead atoms. The van der Waals surface area contributed by atoms with E-state index in [4.69, 9.17) is 0 Å². The van der Waals surface area contributed by atoms with E-state index in [0.717, 1.165) is 0 Å². The zero-order valence-corrected chi connectivity index (χ0v) is 10.6. The van der Waals surface area contributed by atoms with Gasteiger partial charge in [0, 0.05) is 26.2 Å². The third-order valence-corrected chi connectivity index (χ3v) is 1.28. The van der Waals surface area contributed by atoms with Gasteiger partial charge in [-0.3, -0.25) is 9.59 Å². The third kappa shape index (κ3) is 5.97. The van der Waals surface area contributed by atoms with Gasteiger partial charge < -0.3 is 9.47 Å². The Morgan fingerprint density at radius 1 is 1.08 bits per heavy atom. The summed E-state index contributed by atoms with van der Waals surface area (Å²) < 4.78 is 9.26. The Morgan fingerprint density at radius 2 is 1.38 bits per heavy atom. The SMILES string of the molecule is CCOC(=O)C(C)C(=O)OCC.[Zr]. The van der Waals surface area contributed by atoms with Crippen molar-refractivity contribution in [1.82, 2.24) is 0 Å². The van der Waals surface area contributed by atoms with E-state index in [9.17, 15) is 9.59 Å². The number of ether oxygens (including phenoxy) is 2. The Balaban J connectivity index is 0. The number of rotatable bonds is 4. The van der Waals surface area contributed by atoms with Gasteiger partial charge in [-0.25, -0.2) is 0 Å². The number of carbonyl (C=O) groups is 2. The van der Waals surface area contributed by atoms with Crippen molar-refractivity contribution in [3.05, 3.63) is 0 Å². The Kier molecular flexibility index (Phi) is 9.91. The Hall–Kier alpha value is -0.177. The second kappa shape index (κ2) is 8.42. The van der Waals surface area contributed by atoms with E-state index in [1.54, 1.807) is 13.8 Å². The van der Waals surface area contributed by atoms with Gasteiger partial charge in [0.05, 0.1) is 13.2 Å². The maximum absolute atomic E-state index is 10.9. The van der Waals surface area contributed by atoms with E-state index in [1.165, 1.54) is 6.92 Å². The summed E-state index contributed by atoms with van der Waals surface area (Å²) in [5.74, 6) is -1.88. The Labute approximate surface area is 97.1 Å². The van der Waals surface area contributed by atoms with Crippen LogP contribution in [0.5, 0.6) is 0 Å². The average Bonchev–Trinajstić information content (AvgIpc) is 2.04. The fraction of sp³-hybridized carbons (Fsp3) is 0.750. The van der Waals surface area contributed by atoms with Crippen molar-refractivity contribution in [2.24, 2.45) is 5.92 Å². The molecule has 0 aliphatic rings. The summed E-state index contributed by atoms with van der Waals surface area (Å²) in [5, 5.41) is 0. The summed E-state index contributed by atoms with van der Waals surface area (Å²) in [6.45, 7) is 5.41. The number of hydrogen-bond donors (Lipinski definition) is 0. The molecule has 0 N–H and O–H groups in total. The quantitative estimate of drug-likeness (QED) is 0.556. The number of carbonyl (C=O) groups excluding carboxylic acids is 2. The molecule has 0 aromatic heterocycles. The van der Waals surface area contributed by atoms with Gasteiger partial charge in [-0.05, 0) is 20.8 Å². The van der Waals surface area contributed by atoms with Crippen LogP contribution >= 0.6 is 0 Å². The van der Waals surface area contributed by atoms with E-state index in [-0.39, 0.29) is 39.4 Å². The monoisotopic (exact) mass is 264 g/mol. The van der Waals surface area contributed by atoms with Crippen LogP contribution in [0.4, 0.5) is 0 Å². The van der Waals surface area contributed by atoms with Crippen molar-refractivity contribution >= 4 is 11.9 Å². The van der Waals surface area contributed by atoms with Crippen molar-refractivity contribution in [3.8, 4) is 0 Å². The molecule has 0 aromatic rings. The first-order chi connectivity index (χ1) is 5.63. The second-order valence-electron chi connectivity index (χ2n) is 2.23. The maximum Gasteiger partial charge on any atom is 0.320 e. The van der Waals surface area contributed by atoms with Gasteiger partial charge in [0.1, 0.15) is 0 Å². The van der Waals surface area contributed by atoms with Gasteiger partial charge in [0.25, 0.3) is 0 Å². The molecule has 0 rings (SSSR count). The second-order valence-corrected chi connectivity index (χ2v) is 2.23. The first-order valence-electron chi connectivity index (χ1n) is 3.96. The first-order valence-corrected chi connectivity index (χ1v) is 3.96. The van der Waals surface area contributed by atoms with Crippen LogP contribution < -0.4 is 0 Å². The van der Waals surface area contributed by atoms with Crippen molar-refractivity contribution in [2.45, 2.75) is 20.8 Å². The van der Waals surface area contributed by atoms with E-state index in [0.29, 0.717) is 0 Å². The molecule has 0 aliphatic heterocycles. The standard InChI is InChI=1S/C8H14O4.Zr/c1-4-11-7(9)6(3)8(10)12-5-2;/h6H,4-5H2,1-3H3;. The van der Waals surface area contributed by atoms with Crippen LogP contribution in [0.1, 0.15) is 20.8 Å². The van der Waals surface area contributed by atoms with E-state index in [2.05, 4.69) is 9.47 Å². The molecule has 0 radical (unpaired) electrons. The minimum Gasteiger partial charge on any atom is -0.465 e. The Bertz CT molecular complexity index is 152. The van der Waals surface area contributed by atoms with Gasteiger partial charge in [-0.15, -0.1) is 0 Å². The minimum absolute atomic E-state index is 0. The largest absolute Gasteiger partial charge is 0.465 e. The van der Waals surface area contributed by atoms with Gasteiger partial charge in [-0.1, -0.05) is 0 Å². The van der Waals surface area contributed by atoms with Crippen molar-refractivity contribution in [2.75, 3.05) is 13.2 Å². The van der Waals surface area contributed by atoms with Crippen LogP contribution in [0.25, 0.3) is 0 Å². The predicted octanol–water partition coefficient (Wildman–Crippen LogP) is 0.746. The zero-order valence-electron chi connectivity index (χ0n) is 8.12. The van der Waals surface area contributed by atoms with Crippen molar-refractivity contribution in [3.63, 3.8) is 0 Å². The molecule has 0 fully saturated rings. The number of esters is 2. The van der Waals surface area contributed by atoms with Crippen LogP contribution in [-0.2, 0) is 45.3 Å². The normalized spacial score (nSPS) is 8.92. The Morgan fingerprint density at radius 3 is 1.62 bits per heavy atom. The molecule has 13 heavy (non-hydrogen) atoms. The molecule has 0 aliphatic carbocycles. The predicted molar refractivity (Wildman–Crippen MR) is 42.4 cm³/mol. The van der Waals surface area contributed by atoms with Crippen LogP contribution in [0, 0.1) is 5.92 Å². The van der Waals surface area contributed by atoms with E-state index in [1.807, 2.05) is 0 Å². The average molecular weight is 265 g/mol. The maximum atomic E-state index is 10.9. The molecule has 0 amide bonds. The summed E-state index contributed by atoms with van der Waals surface area (Å²) in [4.78, 5) is 21.9. The molecule has 74 valence electrons. The summed E-state index contributed by atoms with van der Waals surface area (Å²) >= 11 is 0. The molecule has 0 unspecified atom stereocenters. The minimum atomic E-state index is -0.815. The van der Waals surface area contributed by atoms with Gasteiger partial charge in [0.2, 0.25) is 0 Å². The molecule has 0 atom stereocenters. The van der Waals surface area contributed by atoms with E-state index < -0.39 is 17.9 Å². The van der Waals surface area contributed by atoms with Gasteiger partial charge in [0.15, 0.2) is 5.92 Å². The molecular formula is C8H14O4Zr. The summed E-state index contributed by atoms with van der Waals surface area (Å²) in [5.41, 5.74) is 0. The van der Waals surface area contributed by atoms with Crippen LogP contribution in [0.15, 0.2) is 0 Å². The van der Waals surface area contributed by atoms with Crippen LogP contribution in [0.3, 0.4) is 0 Å². The molecule has 0 saturated carbocycles. The molecule has 0 saturated heterocycles. The topological polar surface area (TPSA) is 52.6 Å². The zero-order chi connectivity index (χ0) is 9.56. The van der Waals surface area contributed by atoms with Crippen LogP contribution in [0.2, 0.25) is 0 Å². The fourth-order valence-corrected chi connectivity index (χ4v) is 0.631. The molecular weight excluding hydrogens is 251 g/mol. The third-order valence-electron chi connectivity index (χ3n) is 1.28. The summed E-state index contributed by atoms with van der Waals surface area (Å²) in [6, 6.07) is 0. The van der Waals surface area contributed by atoms with E-state index >= 15 is 0 Å². The first kappa shape index (κ1) is 15.3. The van der Waals surface area contributed by atoms with Crippen molar-refractivity contribution < 1.29 is 45.3 Å². The smallest absolute Gasteiger partial charge is 0.320 e. The fourth-order valence-electron chi connectivity index (χ4n) is 0.631. The van der Waals surface area contributed by atoms with Gasteiger partial charge >= 0.3 is 11.9 Å². The molecule has 0 heterocycles. The van der Waals surface area contributed by atoms with Crippen LogP contribution in [-0.4, -0.2) is 25.2 Å². The number of hydrogen-bond acceptors (Lipinski definition) is 4. The summed E-state index contributed by atoms with van der Waals surface area (Å²) in [7, 11) is 0. The van der Waals surface area contributed by atoms with Gasteiger partial charge in [-0.2, -0.15) is 0 Å². The molecule has 0 aromatic carbocycles. The molecule has 4 nitrogen and oxygen atoms in total. The van der Waals surface area contributed by atoms with Crippen molar-refractivity contribution in [1.29, 1.82) is 0 Å². The summed E-state index contributed by atoms with van der Waals surface area (Å²) in [6.07, 6.45) is 0.